The van der Waals surface area contributed by atoms with Gasteiger partial charge in [-0.2, -0.15) is 8.78 Å². The molecule has 0 radical (unpaired) electrons. The number of halogens is 4. The van der Waals surface area contributed by atoms with Gasteiger partial charge in [0.05, 0.1) is 12.2 Å². The van der Waals surface area contributed by atoms with Crippen LogP contribution in [-0.2, 0) is 18.6 Å². The van der Waals surface area contributed by atoms with Crippen LogP contribution in [0.4, 0.5) is 17.6 Å². The van der Waals surface area contributed by atoms with Crippen LogP contribution in [0.25, 0.3) is 0 Å². The Morgan fingerprint density at radius 1 is 1.00 bits per heavy atom. The van der Waals surface area contributed by atoms with E-state index in [2.05, 4.69) is 0 Å². The van der Waals surface area contributed by atoms with Crippen molar-refractivity contribution < 1.29 is 37.5 Å². The highest BCUT2D eigenvalue weighted by Gasteiger charge is 2.57. The summed E-state index contributed by atoms with van der Waals surface area (Å²) < 4.78 is 99.7. The van der Waals surface area contributed by atoms with Gasteiger partial charge < -0.3 is 14.0 Å². The summed E-state index contributed by atoms with van der Waals surface area (Å²) in [6.07, 6.45) is -12.0. The van der Waals surface area contributed by atoms with E-state index >= 15 is 17.6 Å². The lowest BCUT2D eigenvalue weighted by Gasteiger charge is -2.30. The van der Waals surface area contributed by atoms with E-state index in [1.807, 2.05) is 9.97 Å². The summed E-state index contributed by atoms with van der Waals surface area (Å²) in [6, 6.07) is 0. The molecule has 17 heteroatoms. The third-order valence-electron chi connectivity index (χ3n) is 7.15. The minimum Gasteiger partial charge on any atom is -0.351 e. The molecule has 0 bridgehead atoms. The van der Waals surface area contributed by atoms with E-state index in [9.17, 15) is 23.7 Å². The number of alkyl halides is 4. The maximum atomic E-state index is 15.5. The third kappa shape index (κ3) is 5.29. The Labute approximate surface area is 225 Å². The van der Waals surface area contributed by atoms with Crippen LogP contribution < -0.4 is 22.5 Å². The van der Waals surface area contributed by atoms with E-state index in [1.165, 1.54) is 20.8 Å². The van der Waals surface area contributed by atoms with Gasteiger partial charge in [0, 0.05) is 43.9 Å². The lowest BCUT2D eigenvalue weighted by molar-refractivity contribution is -0.0606. The number of aromatic amines is 2. The van der Waals surface area contributed by atoms with Gasteiger partial charge in [-0.25, -0.2) is 18.4 Å². The van der Waals surface area contributed by atoms with Gasteiger partial charge in [-0.15, -0.1) is 0 Å². The summed E-state index contributed by atoms with van der Waals surface area (Å²) in [5, 5.41) is 0. The first-order chi connectivity index (χ1) is 19.0. The van der Waals surface area contributed by atoms with E-state index in [1.54, 1.807) is 0 Å². The molecule has 2 aromatic rings. The highest BCUT2D eigenvalue weighted by molar-refractivity contribution is 7.59. The number of aryl methyl sites for hydroxylation is 2. The smallest absolute Gasteiger partial charge is 0.330 e. The number of ether oxygens (including phenoxy) is 2. The fourth-order valence-electron chi connectivity index (χ4n) is 4.61. The van der Waals surface area contributed by atoms with Crippen molar-refractivity contribution >= 4 is 7.37 Å². The van der Waals surface area contributed by atoms with Crippen molar-refractivity contribution in [2.45, 2.75) is 82.9 Å². The second-order valence-corrected chi connectivity index (χ2v) is 12.7. The van der Waals surface area contributed by atoms with Gasteiger partial charge in [0.15, 0.2) is 24.8 Å². The standard InChI is InChI=1S/C23H29F4N4O8P/c1-9-7-30(21(34)28-17(9)32)19-14(24)11(3)13(38-19)6-23(26,27)40(5,36)39-16-12(4)37-20(15(16)25)31-8-10(2)18(33)29-22(31)35/h7-8,11-16,19-20H,6H2,1-5H3,(H,28,32,34)(H,29,33,35)/t11-,12-,13-,14-,15-,16-,19-,20-,40?/m1/s1/i4D. The fourth-order valence-corrected chi connectivity index (χ4v) is 5.99. The van der Waals surface area contributed by atoms with Gasteiger partial charge in [-0.3, -0.25) is 33.3 Å². The molecule has 2 fully saturated rings. The van der Waals surface area contributed by atoms with Crippen molar-refractivity contribution in [1.82, 2.24) is 19.1 Å². The maximum absolute atomic E-state index is 15.5. The zero-order valence-corrected chi connectivity index (χ0v) is 22.7. The second kappa shape index (κ2) is 10.5. The van der Waals surface area contributed by atoms with Gasteiger partial charge in [0.2, 0.25) is 0 Å². The lowest BCUT2D eigenvalue weighted by Crippen LogP contribution is -2.38. The second-order valence-electron chi connectivity index (χ2n) is 10.1. The normalized spacial score (nSPS) is 32.6. The average Bonchev–Trinajstić information content (AvgIpc) is 3.33. The molecule has 2 N–H and O–H groups in total. The van der Waals surface area contributed by atoms with Crippen LogP contribution in [0.2, 0.25) is 0 Å². The fraction of sp³-hybridized carbons (Fsp3) is 0.652. The number of rotatable bonds is 7. The Balaban J connectivity index is 1.54. The molecule has 2 aliphatic rings. The van der Waals surface area contributed by atoms with Crippen molar-refractivity contribution in [3.8, 4) is 0 Å². The molecule has 0 aromatic carbocycles. The minimum atomic E-state index is -5.09. The first kappa shape index (κ1) is 28.7. The lowest BCUT2D eigenvalue weighted by atomic mass is 9.99. The summed E-state index contributed by atoms with van der Waals surface area (Å²) in [4.78, 5) is 51.7. The highest BCUT2D eigenvalue weighted by atomic mass is 31.2. The minimum absolute atomic E-state index is 0.0225. The summed E-state index contributed by atoms with van der Waals surface area (Å²) in [7, 11) is -5.09. The predicted octanol–water partition coefficient (Wildman–Crippen LogP) is 2.11. The van der Waals surface area contributed by atoms with Gasteiger partial charge in [-0.05, 0) is 20.7 Å². The SMILES string of the molecule is [2H]C[C@H]1O[C@@H](n2cc(C)c(=O)[nH]c2=O)[C@H](F)[C@@H]1OP(C)(=O)C(F)(F)C[C@H]1O[C@@H](n2cc(C)c(=O)[nH]c2=O)[C@H](F)[C@@H]1C. The van der Waals surface area contributed by atoms with E-state index < -0.39 is 97.9 Å². The number of hydrogen-bond donors (Lipinski definition) is 2. The number of nitrogens with one attached hydrogen (secondary N) is 2. The molecule has 2 saturated heterocycles. The maximum Gasteiger partial charge on any atom is 0.330 e. The molecule has 222 valence electrons. The molecular weight excluding hydrogens is 567 g/mol. The van der Waals surface area contributed by atoms with Crippen molar-refractivity contribution in [2.24, 2.45) is 5.92 Å². The molecule has 4 heterocycles. The van der Waals surface area contributed by atoms with E-state index in [0.29, 0.717) is 11.2 Å². The third-order valence-corrected chi connectivity index (χ3v) is 9.16. The molecular formula is C23H29F4N4O8P. The average molecular weight is 597 g/mol. The van der Waals surface area contributed by atoms with E-state index in [-0.39, 0.29) is 11.1 Å². The molecule has 2 aliphatic heterocycles. The Morgan fingerprint density at radius 2 is 1.50 bits per heavy atom. The Bertz CT molecular complexity index is 1590. The quantitative estimate of drug-likeness (QED) is 0.364. The molecule has 1 unspecified atom stereocenters. The number of hydrogen-bond acceptors (Lipinski definition) is 8. The molecule has 0 saturated carbocycles. The predicted molar refractivity (Wildman–Crippen MR) is 133 cm³/mol. The largest absolute Gasteiger partial charge is 0.351 e. The summed E-state index contributed by atoms with van der Waals surface area (Å²) >= 11 is 0. The molecule has 0 amide bonds. The van der Waals surface area contributed by atoms with Crippen LogP contribution in [-0.4, -0.2) is 62.1 Å². The highest BCUT2D eigenvalue weighted by Crippen LogP contribution is 2.63. The monoisotopic (exact) mass is 597 g/mol. The van der Waals surface area contributed by atoms with Crippen LogP contribution in [0.5, 0.6) is 0 Å². The molecule has 12 nitrogen and oxygen atoms in total. The van der Waals surface area contributed by atoms with Crippen molar-refractivity contribution in [1.29, 1.82) is 0 Å². The number of H-pyrrole nitrogens is 2. The summed E-state index contributed by atoms with van der Waals surface area (Å²) in [5.41, 5.74) is -7.63. The van der Waals surface area contributed by atoms with Gasteiger partial charge in [-0.1, -0.05) is 6.92 Å². The van der Waals surface area contributed by atoms with Gasteiger partial charge >= 0.3 is 17.0 Å². The molecule has 4 rings (SSSR count). The van der Waals surface area contributed by atoms with Crippen LogP contribution in [0.1, 0.15) is 45.2 Å². The van der Waals surface area contributed by atoms with Crippen LogP contribution >= 0.6 is 7.37 Å². The first-order valence-electron chi connectivity index (χ1n) is 12.9. The van der Waals surface area contributed by atoms with E-state index in [4.69, 9.17) is 15.4 Å². The van der Waals surface area contributed by atoms with Gasteiger partial charge in [0.1, 0.15) is 6.10 Å². The van der Waals surface area contributed by atoms with Crippen LogP contribution in [0.3, 0.4) is 0 Å². The Hall–Kier alpha value is -2.81. The topological polar surface area (TPSA) is 154 Å². The number of aromatic nitrogens is 4. The van der Waals surface area contributed by atoms with Gasteiger partial charge in [0.25, 0.3) is 18.5 Å². The molecule has 40 heavy (non-hydrogen) atoms. The zero-order chi connectivity index (χ0) is 30.6. The molecule has 0 spiro atoms. The van der Waals surface area contributed by atoms with Crippen LogP contribution in [0, 0.1) is 19.8 Å². The van der Waals surface area contributed by atoms with Crippen molar-refractivity contribution in [3.05, 3.63) is 65.2 Å². The Kier molecular flexibility index (Phi) is 7.57. The summed E-state index contributed by atoms with van der Waals surface area (Å²) in [5.74, 6) is -1.21. The van der Waals surface area contributed by atoms with Crippen LogP contribution in [0.15, 0.2) is 31.6 Å². The molecule has 2 aromatic heterocycles. The summed E-state index contributed by atoms with van der Waals surface area (Å²) in [6.45, 7) is 3.80. The van der Waals surface area contributed by atoms with Crippen molar-refractivity contribution in [3.63, 3.8) is 0 Å². The first-order valence-corrected chi connectivity index (χ1v) is 14.2. The van der Waals surface area contributed by atoms with Crippen molar-refractivity contribution in [2.75, 3.05) is 6.66 Å². The van der Waals surface area contributed by atoms with E-state index in [0.717, 1.165) is 17.0 Å². The number of nitrogens with zero attached hydrogens (tertiary/aromatic N) is 2. The zero-order valence-electron chi connectivity index (χ0n) is 22.8. The molecule has 0 aliphatic carbocycles. The molecule has 9 atom stereocenters. The Morgan fingerprint density at radius 3 is 2.00 bits per heavy atom.